The van der Waals surface area contributed by atoms with Gasteiger partial charge in [0.1, 0.15) is 5.75 Å². The van der Waals surface area contributed by atoms with Crippen molar-refractivity contribution >= 4 is 5.91 Å². The van der Waals surface area contributed by atoms with Crippen molar-refractivity contribution in [2.75, 3.05) is 39.3 Å². The van der Waals surface area contributed by atoms with Crippen LogP contribution in [0.4, 0.5) is 0 Å². The van der Waals surface area contributed by atoms with Crippen molar-refractivity contribution in [3.05, 3.63) is 29.3 Å². The molecule has 1 N–H and O–H groups in total. The van der Waals surface area contributed by atoms with Gasteiger partial charge in [0.15, 0.2) is 0 Å². The molecule has 2 aliphatic heterocycles. The zero-order valence-electron chi connectivity index (χ0n) is 16.6. The Bertz CT molecular complexity index is 655. The maximum atomic E-state index is 12.4. The Balaban J connectivity index is 1.20. The highest BCUT2D eigenvalue weighted by molar-refractivity contribution is 5.78. The molecular formula is C22H33N3O2. The van der Waals surface area contributed by atoms with Crippen molar-refractivity contribution in [1.29, 1.82) is 0 Å². The third-order valence-corrected chi connectivity index (χ3v) is 6.45. The predicted molar refractivity (Wildman–Crippen MR) is 107 cm³/mol. The van der Waals surface area contributed by atoms with Gasteiger partial charge in [-0.05, 0) is 36.0 Å². The predicted octanol–water partition coefficient (Wildman–Crippen LogP) is 2.43. The van der Waals surface area contributed by atoms with Gasteiger partial charge in [0.05, 0.1) is 13.2 Å². The molecular weight excluding hydrogens is 338 g/mol. The average molecular weight is 372 g/mol. The monoisotopic (exact) mass is 371 g/mol. The normalized spacial score (nSPS) is 26.4. The quantitative estimate of drug-likeness (QED) is 0.863. The van der Waals surface area contributed by atoms with Gasteiger partial charge in [0.25, 0.3) is 0 Å². The van der Waals surface area contributed by atoms with Gasteiger partial charge in [-0.2, -0.15) is 0 Å². The van der Waals surface area contributed by atoms with Crippen molar-refractivity contribution < 1.29 is 9.53 Å². The molecule has 1 aliphatic carbocycles. The minimum atomic E-state index is 0.209. The fourth-order valence-electron chi connectivity index (χ4n) is 4.69. The molecule has 2 atom stereocenters. The first-order valence-electron chi connectivity index (χ1n) is 10.7. The van der Waals surface area contributed by atoms with Crippen LogP contribution in [0.3, 0.4) is 0 Å². The summed E-state index contributed by atoms with van der Waals surface area (Å²) < 4.78 is 5.60. The number of fused-ring (bicyclic) bond motifs is 1. The Morgan fingerprint density at radius 1 is 1.15 bits per heavy atom. The van der Waals surface area contributed by atoms with Crippen LogP contribution < -0.4 is 10.1 Å². The lowest BCUT2D eigenvalue weighted by Gasteiger charge is -2.35. The Morgan fingerprint density at radius 3 is 2.74 bits per heavy atom. The molecule has 2 heterocycles. The maximum absolute atomic E-state index is 12.4. The molecule has 2 fully saturated rings. The first-order chi connectivity index (χ1) is 13.2. The molecule has 27 heavy (non-hydrogen) atoms. The molecule has 0 radical (unpaired) electrons. The summed E-state index contributed by atoms with van der Waals surface area (Å²) in [6.45, 7) is 8.64. The first kappa shape index (κ1) is 18.8. The summed E-state index contributed by atoms with van der Waals surface area (Å²) in [6.07, 6.45) is 5.99. The van der Waals surface area contributed by atoms with E-state index in [-0.39, 0.29) is 5.91 Å². The number of ether oxygens (including phenoxy) is 1. The lowest BCUT2D eigenvalue weighted by atomic mass is 9.86. The Hall–Kier alpha value is -1.59. The van der Waals surface area contributed by atoms with Crippen LogP contribution in [-0.4, -0.2) is 61.1 Å². The topological polar surface area (TPSA) is 44.8 Å². The maximum Gasteiger partial charge on any atom is 0.234 e. The van der Waals surface area contributed by atoms with Gasteiger partial charge in [0.2, 0.25) is 5.91 Å². The van der Waals surface area contributed by atoms with Crippen LogP contribution in [0.5, 0.6) is 5.75 Å². The molecule has 2 unspecified atom stereocenters. The standard InChI is InChI=1S/C22H33N3O2/c1-17-4-2-3-5-20(17)23-22(26)16-25-11-9-24(10-12-25)15-18-6-7-21-19(14-18)8-13-27-21/h6-7,14,17,20H,2-5,8-13,15-16H2,1H3,(H,23,26). The van der Waals surface area contributed by atoms with Crippen molar-refractivity contribution in [1.82, 2.24) is 15.1 Å². The van der Waals surface area contributed by atoms with Crippen LogP contribution >= 0.6 is 0 Å². The number of hydrogen-bond acceptors (Lipinski definition) is 4. The van der Waals surface area contributed by atoms with E-state index in [0.717, 1.165) is 57.9 Å². The number of benzene rings is 1. The van der Waals surface area contributed by atoms with Crippen molar-refractivity contribution in [3.63, 3.8) is 0 Å². The summed E-state index contributed by atoms with van der Waals surface area (Å²) in [5.41, 5.74) is 2.72. The van der Waals surface area contributed by atoms with Gasteiger partial charge in [-0.15, -0.1) is 0 Å². The molecule has 0 spiro atoms. The van der Waals surface area contributed by atoms with E-state index in [0.29, 0.717) is 18.5 Å². The summed E-state index contributed by atoms with van der Waals surface area (Å²) in [5, 5.41) is 3.28. The smallest absolute Gasteiger partial charge is 0.234 e. The van der Waals surface area contributed by atoms with E-state index in [1.54, 1.807) is 0 Å². The highest BCUT2D eigenvalue weighted by Gasteiger charge is 2.25. The average Bonchev–Trinajstić information content (AvgIpc) is 3.13. The number of piperazine rings is 1. The summed E-state index contributed by atoms with van der Waals surface area (Å²) in [5.74, 6) is 1.89. The highest BCUT2D eigenvalue weighted by Crippen LogP contribution is 2.26. The number of hydrogen-bond donors (Lipinski definition) is 1. The minimum Gasteiger partial charge on any atom is -0.493 e. The van der Waals surface area contributed by atoms with E-state index in [1.165, 1.54) is 30.4 Å². The molecule has 5 heteroatoms. The first-order valence-corrected chi connectivity index (χ1v) is 10.7. The molecule has 1 saturated heterocycles. The van der Waals surface area contributed by atoms with Crippen LogP contribution in [0.25, 0.3) is 0 Å². The van der Waals surface area contributed by atoms with Crippen molar-refractivity contribution in [2.45, 2.75) is 51.6 Å². The zero-order chi connectivity index (χ0) is 18.6. The van der Waals surface area contributed by atoms with E-state index in [2.05, 4.69) is 40.2 Å². The summed E-state index contributed by atoms with van der Waals surface area (Å²) in [4.78, 5) is 17.2. The number of carbonyl (C=O) groups excluding carboxylic acids is 1. The lowest BCUT2D eigenvalue weighted by molar-refractivity contribution is -0.124. The molecule has 4 rings (SSSR count). The summed E-state index contributed by atoms with van der Waals surface area (Å²) in [6, 6.07) is 6.99. The fourth-order valence-corrected chi connectivity index (χ4v) is 4.69. The molecule has 3 aliphatic rings. The fraction of sp³-hybridized carbons (Fsp3) is 0.682. The molecule has 1 aromatic carbocycles. The van der Waals surface area contributed by atoms with Crippen LogP contribution in [0.1, 0.15) is 43.7 Å². The van der Waals surface area contributed by atoms with E-state index >= 15 is 0 Å². The molecule has 1 amide bonds. The third-order valence-electron chi connectivity index (χ3n) is 6.45. The second-order valence-corrected chi connectivity index (χ2v) is 8.53. The molecule has 5 nitrogen and oxygen atoms in total. The largest absolute Gasteiger partial charge is 0.493 e. The Morgan fingerprint density at radius 2 is 1.93 bits per heavy atom. The van der Waals surface area contributed by atoms with Crippen LogP contribution in [0, 0.1) is 5.92 Å². The number of carbonyl (C=O) groups is 1. The van der Waals surface area contributed by atoms with Gasteiger partial charge in [-0.3, -0.25) is 14.6 Å². The summed E-state index contributed by atoms with van der Waals surface area (Å²) in [7, 11) is 0. The molecule has 0 bridgehead atoms. The number of amides is 1. The second kappa shape index (κ2) is 8.61. The van der Waals surface area contributed by atoms with Crippen molar-refractivity contribution in [3.8, 4) is 5.75 Å². The van der Waals surface area contributed by atoms with Gasteiger partial charge >= 0.3 is 0 Å². The number of rotatable bonds is 5. The highest BCUT2D eigenvalue weighted by atomic mass is 16.5. The van der Waals surface area contributed by atoms with Crippen LogP contribution in [-0.2, 0) is 17.8 Å². The van der Waals surface area contributed by atoms with E-state index in [1.807, 2.05) is 0 Å². The van der Waals surface area contributed by atoms with Crippen molar-refractivity contribution in [2.24, 2.45) is 5.92 Å². The van der Waals surface area contributed by atoms with E-state index in [9.17, 15) is 4.79 Å². The molecule has 1 aromatic rings. The molecule has 148 valence electrons. The molecule has 1 saturated carbocycles. The molecule has 0 aromatic heterocycles. The van der Waals surface area contributed by atoms with Gasteiger partial charge in [0, 0.05) is 45.2 Å². The Kier molecular flexibility index (Phi) is 5.98. The SMILES string of the molecule is CC1CCCCC1NC(=O)CN1CCN(Cc2ccc3c(c2)CCO3)CC1. The van der Waals surface area contributed by atoms with Gasteiger partial charge < -0.3 is 10.1 Å². The summed E-state index contributed by atoms with van der Waals surface area (Å²) >= 11 is 0. The number of nitrogens with one attached hydrogen (secondary N) is 1. The van der Waals surface area contributed by atoms with Gasteiger partial charge in [-0.25, -0.2) is 0 Å². The van der Waals surface area contributed by atoms with Crippen LogP contribution in [0.15, 0.2) is 18.2 Å². The second-order valence-electron chi connectivity index (χ2n) is 8.53. The van der Waals surface area contributed by atoms with E-state index in [4.69, 9.17) is 4.74 Å². The van der Waals surface area contributed by atoms with E-state index < -0.39 is 0 Å². The zero-order valence-corrected chi connectivity index (χ0v) is 16.6. The lowest BCUT2D eigenvalue weighted by Crippen LogP contribution is -2.51. The van der Waals surface area contributed by atoms with Gasteiger partial charge in [-0.1, -0.05) is 31.9 Å². The number of nitrogens with zero attached hydrogens (tertiary/aromatic N) is 2. The Labute approximate surface area is 163 Å². The van der Waals surface area contributed by atoms with Crippen LogP contribution in [0.2, 0.25) is 0 Å². The third kappa shape index (κ3) is 4.82. The minimum absolute atomic E-state index is 0.209.